The van der Waals surface area contributed by atoms with Gasteiger partial charge in [0.05, 0.1) is 0 Å². The molecule has 3 heteroatoms. The van der Waals surface area contributed by atoms with Gasteiger partial charge >= 0.3 is 0 Å². The summed E-state index contributed by atoms with van der Waals surface area (Å²) in [5.74, 6) is 5.50. The quantitative estimate of drug-likeness (QED) is 0.279. The number of hydrogen-bond donors (Lipinski definition) is 2. The van der Waals surface area contributed by atoms with Crippen LogP contribution in [0.15, 0.2) is 23.3 Å². The highest BCUT2D eigenvalue weighted by atomic mass is 15.2. The van der Waals surface area contributed by atoms with Crippen LogP contribution in [0.1, 0.15) is 16.7 Å². The average Bonchev–Trinajstić information content (AvgIpc) is 2.03. The first kappa shape index (κ1) is 8.59. The first-order chi connectivity index (χ1) is 5.66. The highest BCUT2D eigenvalue weighted by Crippen LogP contribution is 2.11. The third-order valence-electron chi connectivity index (χ3n) is 1.88. The summed E-state index contributed by atoms with van der Waals surface area (Å²) in [7, 11) is 0. The topological polar surface area (TPSA) is 64.4 Å². The van der Waals surface area contributed by atoms with Crippen molar-refractivity contribution < 1.29 is 0 Å². The highest BCUT2D eigenvalue weighted by Gasteiger charge is 2.04. The summed E-state index contributed by atoms with van der Waals surface area (Å²) < 4.78 is 0. The molecule has 1 aromatic carbocycles. The SMILES string of the molecule is Cc1cccc(C)c1/C(N)=N/N. The van der Waals surface area contributed by atoms with Crippen molar-refractivity contribution in [3.63, 3.8) is 0 Å². The fraction of sp³-hybridized carbons (Fsp3) is 0.222. The molecule has 4 N–H and O–H groups in total. The molecule has 0 aliphatic carbocycles. The third kappa shape index (κ3) is 1.39. The molecular formula is C9H13N3. The molecule has 3 nitrogen and oxygen atoms in total. The van der Waals surface area contributed by atoms with Gasteiger partial charge in [-0.2, -0.15) is 5.10 Å². The molecule has 0 bridgehead atoms. The number of aryl methyl sites for hydroxylation is 2. The van der Waals surface area contributed by atoms with E-state index in [4.69, 9.17) is 11.6 Å². The van der Waals surface area contributed by atoms with Crippen molar-refractivity contribution >= 4 is 5.84 Å². The van der Waals surface area contributed by atoms with Crippen LogP contribution in [0.2, 0.25) is 0 Å². The van der Waals surface area contributed by atoms with Crippen LogP contribution in [-0.2, 0) is 0 Å². The van der Waals surface area contributed by atoms with Crippen molar-refractivity contribution in [2.24, 2.45) is 16.7 Å². The van der Waals surface area contributed by atoms with Gasteiger partial charge in [-0.3, -0.25) is 0 Å². The van der Waals surface area contributed by atoms with Crippen molar-refractivity contribution in [2.45, 2.75) is 13.8 Å². The predicted octanol–water partition coefficient (Wildman–Crippen LogP) is 0.882. The van der Waals surface area contributed by atoms with Crippen LogP contribution in [0.25, 0.3) is 0 Å². The summed E-state index contributed by atoms with van der Waals surface area (Å²) in [6, 6.07) is 5.96. The molecule has 0 saturated carbocycles. The minimum Gasteiger partial charge on any atom is -0.382 e. The molecule has 0 unspecified atom stereocenters. The number of rotatable bonds is 1. The second kappa shape index (κ2) is 3.26. The number of amidine groups is 1. The number of hydrazone groups is 1. The molecule has 0 amide bonds. The molecule has 12 heavy (non-hydrogen) atoms. The molecule has 0 saturated heterocycles. The van der Waals surface area contributed by atoms with E-state index in [9.17, 15) is 0 Å². The van der Waals surface area contributed by atoms with Crippen LogP contribution in [0.5, 0.6) is 0 Å². The number of benzene rings is 1. The van der Waals surface area contributed by atoms with Gasteiger partial charge in [0.1, 0.15) is 0 Å². The lowest BCUT2D eigenvalue weighted by Gasteiger charge is -2.06. The zero-order valence-electron chi connectivity index (χ0n) is 7.33. The predicted molar refractivity (Wildman–Crippen MR) is 50.8 cm³/mol. The molecule has 64 valence electrons. The van der Waals surface area contributed by atoms with Crippen molar-refractivity contribution in [3.8, 4) is 0 Å². The lowest BCUT2D eigenvalue weighted by molar-refractivity contribution is 1.21. The fourth-order valence-corrected chi connectivity index (χ4v) is 1.28. The van der Waals surface area contributed by atoms with Crippen molar-refractivity contribution in [2.75, 3.05) is 0 Å². The Balaban J connectivity index is 3.31. The van der Waals surface area contributed by atoms with E-state index in [2.05, 4.69) is 5.10 Å². The standard InChI is InChI=1S/C9H13N3/c1-6-4-3-5-7(2)8(6)9(10)12-11/h3-5H,11H2,1-2H3,(H2,10,12). The first-order valence-corrected chi connectivity index (χ1v) is 3.76. The van der Waals surface area contributed by atoms with Gasteiger partial charge < -0.3 is 11.6 Å². The second-order valence-corrected chi connectivity index (χ2v) is 2.78. The second-order valence-electron chi connectivity index (χ2n) is 2.78. The van der Waals surface area contributed by atoms with Gasteiger partial charge in [-0.25, -0.2) is 0 Å². The lowest BCUT2D eigenvalue weighted by Crippen LogP contribution is -2.18. The smallest absolute Gasteiger partial charge is 0.150 e. The summed E-state index contributed by atoms with van der Waals surface area (Å²) in [4.78, 5) is 0. The molecule has 0 heterocycles. The van der Waals surface area contributed by atoms with E-state index in [-0.39, 0.29) is 0 Å². The van der Waals surface area contributed by atoms with Gasteiger partial charge in [0.25, 0.3) is 0 Å². The Morgan fingerprint density at radius 2 is 1.75 bits per heavy atom. The van der Waals surface area contributed by atoms with E-state index in [0.717, 1.165) is 16.7 Å². The molecule has 0 radical (unpaired) electrons. The van der Waals surface area contributed by atoms with Gasteiger partial charge in [0.15, 0.2) is 5.84 Å². The molecule has 1 aromatic rings. The van der Waals surface area contributed by atoms with E-state index in [1.54, 1.807) is 0 Å². The van der Waals surface area contributed by atoms with E-state index >= 15 is 0 Å². The Kier molecular flexibility index (Phi) is 2.33. The first-order valence-electron chi connectivity index (χ1n) is 3.76. The van der Waals surface area contributed by atoms with Crippen LogP contribution < -0.4 is 11.6 Å². The van der Waals surface area contributed by atoms with E-state index in [1.165, 1.54) is 0 Å². The number of hydrogen-bond acceptors (Lipinski definition) is 2. The maximum Gasteiger partial charge on any atom is 0.150 e. The summed E-state index contributed by atoms with van der Waals surface area (Å²) in [5.41, 5.74) is 8.76. The maximum absolute atomic E-state index is 5.62. The number of nitrogens with zero attached hydrogens (tertiary/aromatic N) is 1. The lowest BCUT2D eigenvalue weighted by atomic mass is 10.0. The highest BCUT2D eigenvalue weighted by molar-refractivity contribution is 5.99. The molecule has 0 atom stereocenters. The molecule has 1 rings (SSSR count). The zero-order chi connectivity index (χ0) is 9.14. The third-order valence-corrected chi connectivity index (χ3v) is 1.88. The fourth-order valence-electron chi connectivity index (χ4n) is 1.28. The van der Waals surface area contributed by atoms with Crippen LogP contribution in [-0.4, -0.2) is 5.84 Å². The summed E-state index contributed by atoms with van der Waals surface area (Å²) >= 11 is 0. The van der Waals surface area contributed by atoms with E-state index in [0.29, 0.717) is 5.84 Å². The Bertz CT molecular complexity index is 295. The van der Waals surface area contributed by atoms with Crippen molar-refractivity contribution in [3.05, 3.63) is 34.9 Å². The monoisotopic (exact) mass is 163 g/mol. The molecule has 0 aliphatic rings. The van der Waals surface area contributed by atoms with Gasteiger partial charge in [0.2, 0.25) is 0 Å². The largest absolute Gasteiger partial charge is 0.382 e. The normalized spacial score (nSPS) is 11.7. The maximum atomic E-state index is 5.62. The van der Waals surface area contributed by atoms with E-state index in [1.807, 2.05) is 32.0 Å². The molecular weight excluding hydrogens is 150 g/mol. The molecule has 0 fully saturated rings. The van der Waals surface area contributed by atoms with Crippen LogP contribution >= 0.6 is 0 Å². The minimum atomic E-state index is 0.394. The Hall–Kier alpha value is -1.51. The van der Waals surface area contributed by atoms with Crippen molar-refractivity contribution in [1.29, 1.82) is 0 Å². The van der Waals surface area contributed by atoms with Gasteiger partial charge in [0, 0.05) is 5.56 Å². The van der Waals surface area contributed by atoms with Crippen LogP contribution in [0.4, 0.5) is 0 Å². The summed E-state index contributed by atoms with van der Waals surface area (Å²) in [6.45, 7) is 3.97. The molecule has 0 aliphatic heterocycles. The van der Waals surface area contributed by atoms with Crippen molar-refractivity contribution in [1.82, 2.24) is 0 Å². The van der Waals surface area contributed by atoms with Crippen LogP contribution in [0.3, 0.4) is 0 Å². The van der Waals surface area contributed by atoms with Crippen LogP contribution in [0, 0.1) is 13.8 Å². The number of nitrogens with two attached hydrogens (primary N) is 2. The van der Waals surface area contributed by atoms with Gasteiger partial charge in [-0.15, -0.1) is 0 Å². The summed E-state index contributed by atoms with van der Waals surface area (Å²) in [6.07, 6.45) is 0. The minimum absolute atomic E-state index is 0.394. The zero-order valence-corrected chi connectivity index (χ0v) is 7.33. The molecule has 0 spiro atoms. The Labute approximate surface area is 72.1 Å². The Morgan fingerprint density at radius 3 is 2.17 bits per heavy atom. The van der Waals surface area contributed by atoms with Gasteiger partial charge in [-0.05, 0) is 25.0 Å². The van der Waals surface area contributed by atoms with E-state index < -0.39 is 0 Å². The average molecular weight is 163 g/mol. The van der Waals surface area contributed by atoms with Gasteiger partial charge in [-0.1, -0.05) is 18.2 Å². The summed E-state index contributed by atoms with van der Waals surface area (Å²) in [5, 5.41) is 3.47. The molecule has 0 aromatic heterocycles. The Morgan fingerprint density at radius 1 is 1.25 bits per heavy atom.